The molecule has 16 heavy (non-hydrogen) atoms. The number of aromatic nitrogens is 1. The lowest BCUT2D eigenvalue weighted by molar-refractivity contribution is 0.0693. The van der Waals surface area contributed by atoms with E-state index in [-0.39, 0.29) is 23.3 Å². The Hall–Kier alpha value is -1.03. The number of pyridine rings is 1. The molecule has 0 saturated heterocycles. The minimum Gasteiger partial charge on any atom is -0.476 e. The number of carbonyl (C=O) groups is 1. The van der Waals surface area contributed by atoms with Crippen LogP contribution in [0.3, 0.4) is 0 Å². The number of rotatable bonds is 1. The molecule has 1 aromatic carbocycles. The molecule has 1 heterocycles. The largest absolute Gasteiger partial charge is 0.476 e. The highest BCUT2D eigenvalue weighted by molar-refractivity contribution is 6.32. The standard InChI is InChI=1S/C10H5Cl2NO2.ClH/c11-6-2-1-5-3-8(12)13-9(10(14)15)7(5)4-6;/h1-4H,(H,14,15);1H. The average molecular weight is 279 g/mol. The number of hydrogen-bond donors (Lipinski definition) is 1. The smallest absolute Gasteiger partial charge is 0.355 e. The van der Waals surface area contributed by atoms with Gasteiger partial charge in [-0.25, -0.2) is 9.78 Å². The fourth-order valence-electron chi connectivity index (χ4n) is 1.35. The van der Waals surface area contributed by atoms with Crippen molar-refractivity contribution in [1.82, 2.24) is 4.98 Å². The molecule has 6 heteroatoms. The Morgan fingerprint density at radius 1 is 1.25 bits per heavy atom. The monoisotopic (exact) mass is 277 g/mol. The number of carboxylic acid groups (broad SMARTS) is 1. The van der Waals surface area contributed by atoms with Gasteiger partial charge >= 0.3 is 5.97 Å². The molecule has 0 fully saturated rings. The van der Waals surface area contributed by atoms with E-state index in [9.17, 15) is 4.79 Å². The third-order valence-electron chi connectivity index (χ3n) is 1.97. The second-order valence-electron chi connectivity index (χ2n) is 2.96. The first kappa shape index (κ1) is 13.0. The number of fused-ring (bicyclic) bond motifs is 1. The molecule has 0 atom stereocenters. The number of hydrogen-bond acceptors (Lipinski definition) is 2. The van der Waals surface area contributed by atoms with Gasteiger partial charge in [-0.2, -0.15) is 0 Å². The number of halogens is 3. The lowest BCUT2D eigenvalue weighted by Gasteiger charge is -2.03. The Kier molecular flexibility index (Phi) is 3.97. The van der Waals surface area contributed by atoms with Gasteiger partial charge in [0.2, 0.25) is 0 Å². The van der Waals surface area contributed by atoms with Gasteiger partial charge in [0, 0.05) is 10.4 Å². The molecule has 2 aromatic rings. The van der Waals surface area contributed by atoms with E-state index in [1.165, 1.54) is 0 Å². The maximum atomic E-state index is 10.9. The summed E-state index contributed by atoms with van der Waals surface area (Å²) in [5.41, 5.74) is -0.0833. The van der Waals surface area contributed by atoms with E-state index in [2.05, 4.69) is 4.98 Å². The molecule has 0 bridgehead atoms. The van der Waals surface area contributed by atoms with Gasteiger partial charge in [-0.3, -0.25) is 0 Å². The first-order valence-electron chi connectivity index (χ1n) is 4.07. The highest BCUT2D eigenvalue weighted by Crippen LogP contribution is 2.24. The second kappa shape index (κ2) is 4.87. The summed E-state index contributed by atoms with van der Waals surface area (Å²) in [6, 6.07) is 6.53. The topological polar surface area (TPSA) is 50.2 Å². The maximum Gasteiger partial charge on any atom is 0.355 e. The lowest BCUT2D eigenvalue weighted by atomic mass is 10.1. The molecule has 0 aliphatic carbocycles. The minimum absolute atomic E-state index is 0. The van der Waals surface area contributed by atoms with Gasteiger partial charge < -0.3 is 5.11 Å². The van der Waals surface area contributed by atoms with Crippen LogP contribution in [-0.4, -0.2) is 16.1 Å². The molecule has 0 aliphatic rings. The third-order valence-corrected chi connectivity index (χ3v) is 2.39. The Bertz CT molecular complexity index is 557. The summed E-state index contributed by atoms with van der Waals surface area (Å²) >= 11 is 11.5. The molecular weight excluding hydrogens is 272 g/mol. The number of nitrogens with zero attached hydrogens (tertiary/aromatic N) is 1. The molecular formula is C10H6Cl3NO2. The Labute approximate surface area is 107 Å². The van der Waals surface area contributed by atoms with Crippen LogP contribution in [0.2, 0.25) is 10.2 Å². The summed E-state index contributed by atoms with van der Waals surface area (Å²) in [4.78, 5) is 14.7. The van der Waals surface area contributed by atoms with Gasteiger partial charge in [0.05, 0.1) is 0 Å². The van der Waals surface area contributed by atoms with Crippen LogP contribution in [0.25, 0.3) is 10.8 Å². The molecule has 0 saturated carbocycles. The van der Waals surface area contributed by atoms with Crippen molar-refractivity contribution in [1.29, 1.82) is 0 Å². The van der Waals surface area contributed by atoms with Crippen LogP contribution < -0.4 is 0 Å². The fraction of sp³-hybridized carbons (Fsp3) is 0. The quantitative estimate of drug-likeness (QED) is 0.810. The van der Waals surface area contributed by atoms with E-state index in [1.54, 1.807) is 24.3 Å². The molecule has 1 aromatic heterocycles. The van der Waals surface area contributed by atoms with Crippen LogP contribution in [0, 0.1) is 0 Å². The van der Waals surface area contributed by atoms with E-state index in [0.29, 0.717) is 15.8 Å². The van der Waals surface area contributed by atoms with Crippen LogP contribution in [-0.2, 0) is 0 Å². The van der Waals surface area contributed by atoms with Crippen LogP contribution in [0.1, 0.15) is 10.5 Å². The Morgan fingerprint density at radius 3 is 2.56 bits per heavy atom. The van der Waals surface area contributed by atoms with Crippen LogP contribution in [0.4, 0.5) is 0 Å². The van der Waals surface area contributed by atoms with E-state index in [1.807, 2.05) is 0 Å². The summed E-state index contributed by atoms with van der Waals surface area (Å²) < 4.78 is 0. The SMILES string of the molecule is Cl.O=C(O)c1nc(Cl)cc2ccc(Cl)cc12. The zero-order valence-corrected chi connectivity index (χ0v) is 10.1. The van der Waals surface area contributed by atoms with Crippen molar-refractivity contribution < 1.29 is 9.90 Å². The first-order valence-corrected chi connectivity index (χ1v) is 4.82. The molecule has 0 spiro atoms. The number of benzene rings is 1. The van der Waals surface area contributed by atoms with Crippen LogP contribution in [0.15, 0.2) is 24.3 Å². The van der Waals surface area contributed by atoms with Gasteiger partial charge in [0.15, 0.2) is 5.69 Å². The van der Waals surface area contributed by atoms with Crippen molar-refractivity contribution in [2.75, 3.05) is 0 Å². The summed E-state index contributed by atoms with van der Waals surface area (Å²) in [7, 11) is 0. The Morgan fingerprint density at radius 2 is 1.94 bits per heavy atom. The normalized spacial score (nSPS) is 9.88. The number of aromatic carboxylic acids is 1. The molecule has 0 radical (unpaired) electrons. The van der Waals surface area contributed by atoms with Crippen LogP contribution >= 0.6 is 35.6 Å². The van der Waals surface area contributed by atoms with E-state index >= 15 is 0 Å². The second-order valence-corrected chi connectivity index (χ2v) is 3.79. The van der Waals surface area contributed by atoms with Gasteiger partial charge in [-0.05, 0) is 23.6 Å². The highest BCUT2D eigenvalue weighted by atomic mass is 35.5. The fourth-order valence-corrected chi connectivity index (χ4v) is 1.72. The van der Waals surface area contributed by atoms with Gasteiger partial charge in [-0.1, -0.05) is 29.3 Å². The van der Waals surface area contributed by atoms with Gasteiger partial charge in [0.1, 0.15) is 5.15 Å². The summed E-state index contributed by atoms with van der Waals surface area (Å²) in [5.74, 6) is -1.12. The molecule has 0 amide bonds. The highest BCUT2D eigenvalue weighted by Gasteiger charge is 2.11. The lowest BCUT2D eigenvalue weighted by Crippen LogP contribution is -2.01. The van der Waals surface area contributed by atoms with Crippen molar-refractivity contribution in [3.8, 4) is 0 Å². The first-order chi connectivity index (χ1) is 7.08. The predicted molar refractivity (Wildman–Crippen MR) is 66.0 cm³/mol. The van der Waals surface area contributed by atoms with Gasteiger partial charge in [-0.15, -0.1) is 12.4 Å². The van der Waals surface area contributed by atoms with Crippen molar-refractivity contribution in [2.45, 2.75) is 0 Å². The van der Waals surface area contributed by atoms with Crippen molar-refractivity contribution in [2.24, 2.45) is 0 Å². The van der Waals surface area contributed by atoms with Crippen molar-refractivity contribution in [3.05, 3.63) is 40.1 Å². The minimum atomic E-state index is -1.12. The molecule has 1 N–H and O–H groups in total. The van der Waals surface area contributed by atoms with E-state index < -0.39 is 5.97 Å². The molecule has 3 nitrogen and oxygen atoms in total. The van der Waals surface area contributed by atoms with Crippen molar-refractivity contribution in [3.63, 3.8) is 0 Å². The zero-order chi connectivity index (χ0) is 11.0. The summed E-state index contributed by atoms with van der Waals surface area (Å²) in [5, 5.41) is 10.7. The summed E-state index contributed by atoms with van der Waals surface area (Å²) in [6.45, 7) is 0. The van der Waals surface area contributed by atoms with E-state index in [4.69, 9.17) is 28.3 Å². The predicted octanol–water partition coefficient (Wildman–Crippen LogP) is 3.66. The molecule has 0 aliphatic heterocycles. The average Bonchev–Trinajstić information content (AvgIpc) is 2.17. The molecule has 2 rings (SSSR count). The summed E-state index contributed by atoms with van der Waals surface area (Å²) in [6.07, 6.45) is 0. The Balaban J connectivity index is 0.00000128. The van der Waals surface area contributed by atoms with Crippen LogP contribution in [0.5, 0.6) is 0 Å². The number of carboxylic acids is 1. The van der Waals surface area contributed by atoms with Crippen molar-refractivity contribution >= 4 is 52.4 Å². The van der Waals surface area contributed by atoms with Gasteiger partial charge in [0.25, 0.3) is 0 Å². The zero-order valence-electron chi connectivity index (χ0n) is 7.78. The molecule has 84 valence electrons. The maximum absolute atomic E-state index is 10.9. The third kappa shape index (κ3) is 2.38. The molecule has 0 unspecified atom stereocenters. The van der Waals surface area contributed by atoms with E-state index in [0.717, 1.165) is 0 Å².